The minimum atomic E-state index is -0.245. The van der Waals surface area contributed by atoms with Crippen molar-refractivity contribution in [2.75, 3.05) is 20.3 Å². The van der Waals surface area contributed by atoms with Crippen LogP contribution in [0.15, 0.2) is 9.52 Å². The summed E-state index contributed by atoms with van der Waals surface area (Å²) in [7, 11) is 1.58. The summed E-state index contributed by atoms with van der Waals surface area (Å²) >= 11 is 4.76. The summed E-state index contributed by atoms with van der Waals surface area (Å²) in [6.45, 7) is 2.75. The molecule has 0 fully saturated rings. The van der Waals surface area contributed by atoms with Gasteiger partial charge in [0, 0.05) is 31.2 Å². The Morgan fingerprint density at radius 3 is 2.95 bits per heavy atom. The number of fused-ring (bicyclic) bond motifs is 1. The molecule has 1 aliphatic carbocycles. The molecule has 0 unspecified atom stereocenters. The van der Waals surface area contributed by atoms with Crippen LogP contribution in [0.2, 0.25) is 0 Å². The molecule has 0 spiro atoms. The number of carbonyl (C=O) groups excluding carboxylic acids is 1. The zero-order chi connectivity index (χ0) is 16.1. The van der Waals surface area contributed by atoms with Crippen molar-refractivity contribution in [1.29, 1.82) is 0 Å². The van der Waals surface area contributed by atoms with Crippen LogP contribution in [-0.4, -0.2) is 37.0 Å². The molecule has 7 nitrogen and oxygen atoms in total. The van der Waals surface area contributed by atoms with Crippen molar-refractivity contribution in [2.24, 2.45) is 10.8 Å². The second-order valence-electron chi connectivity index (χ2n) is 4.99. The van der Waals surface area contributed by atoms with Gasteiger partial charge >= 0.3 is 0 Å². The zero-order valence-electron chi connectivity index (χ0n) is 12.7. The zero-order valence-corrected chi connectivity index (χ0v) is 13.5. The molecule has 0 bridgehead atoms. The molecule has 8 heteroatoms. The minimum absolute atomic E-state index is 0.110. The van der Waals surface area contributed by atoms with Crippen LogP contribution in [0, 0.1) is 6.92 Å². The smallest absolute Gasteiger partial charge is 0.287 e. The maximum Gasteiger partial charge on any atom is 0.287 e. The largest absolute Gasteiger partial charge is 0.455 e. The number of nitrogens with zero attached hydrogens (tertiary/aromatic N) is 1. The Labute approximate surface area is 134 Å². The van der Waals surface area contributed by atoms with E-state index in [4.69, 9.17) is 27.1 Å². The van der Waals surface area contributed by atoms with E-state index in [1.54, 1.807) is 7.11 Å². The van der Waals surface area contributed by atoms with E-state index in [9.17, 15) is 4.79 Å². The van der Waals surface area contributed by atoms with Gasteiger partial charge in [-0.2, -0.15) is 5.10 Å². The van der Waals surface area contributed by atoms with Crippen LogP contribution in [-0.2, 0) is 11.2 Å². The van der Waals surface area contributed by atoms with Crippen LogP contribution < -0.4 is 16.5 Å². The monoisotopic (exact) mass is 324 g/mol. The number of rotatable bonds is 5. The van der Waals surface area contributed by atoms with Crippen molar-refractivity contribution in [3.05, 3.63) is 22.6 Å². The molecule has 4 N–H and O–H groups in total. The first-order valence-electron chi connectivity index (χ1n) is 7.06. The Morgan fingerprint density at radius 1 is 1.50 bits per heavy atom. The summed E-state index contributed by atoms with van der Waals surface area (Å²) in [4.78, 5) is 12.2. The van der Waals surface area contributed by atoms with Gasteiger partial charge in [-0.3, -0.25) is 10.2 Å². The van der Waals surface area contributed by atoms with Gasteiger partial charge in [0.1, 0.15) is 5.76 Å². The first kappa shape index (κ1) is 16.4. The molecule has 1 heterocycles. The van der Waals surface area contributed by atoms with Gasteiger partial charge in [0.25, 0.3) is 5.91 Å². The third-order valence-corrected chi connectivity index (χ3v) is 3.52. The number of aryl methyl sites for hydroxylation is 1. The molecule has 1 aliphatic rings. The van der Waals surface area contributed by atoms with Crippen molar-refractivity contribution in [3.8, 4) is 0 Å². The lowest BCUT2D eigenvalue weighted by Crippen LogP contribution is -2.27. The normalized spacial score (nSPS) is 15.5. The number of thiocarbonyl (C=S) groups is 1. The van der Waals surface area contributed by atoms with E-state index in [1.807, 2.05) is 6.92 Å². The quantitative estimate of drug-likeness (QED) is 0.421. The molecule has 0 atom stereocenters. The fraction of sp³-hybridized carbons (Fsp3) is 0.500. The lowest BCUT2D eigenvalue weighted by molar-refractivity contribution is 0.0907. The molecular formula is C14H20N4O3S. The molecule has 0 aromatic carbocycles. The first-order chi connectivity index (χ1) is 10.5. The number of amides is 1. The lowest BCUT2D eigenvalue weighted by atomic mass is 9.93. The summed E-state index contributed by atoms with van der Waals surface area (Å²) in [5.41, 5.74) is 10.5. The Bertz CT molecular complexity index is 609. The van der Waals surface area contributed by atoms with Gasteiger partial charge in [0.05, 0.1) is 12.3 Å². The van der Waals surface area contributed by atoms with Gasteiger partial charge in [-0.15, -0.1) is 0 Å². The number of hydrogen-bond acceptors (Lipinski definition) is 5. The molecule has 1 aromatic heterocycles. The van der Waals surface area contributed by atoms with Crippen molar-refractivity contribution in [3.63, 3.8) is 0 Å². The Balaban J connectivity index is 2.25. The van der Waals surface area contributed by atoms with E-state index < -0.39 is 0 Å². The highest BCUT2D eigenvalue weighted by atomic mass is 32.1. The molecule has 120 valence electrons. The molecule has 2 rings (SSSR count). The van der Waals surface area contributed by atoms with E-state index in [0.717, 1.165) is 41.9 Å². The van der Waals surface area contributed by atoms with Crippen LogP contribution in [0.25, 0.3) is 0 Å². The van der Waals surface area contributed by atoms with Crippen LogP contribution >= 0.6 is 12.2 Å². The van der Waals surface area contributed by atoms with E-state index in [-0.39, 0.29) is 11.0 Å². The second kappa shape index (κ2) is 7.37. The third-order valence-electron chi connectivity index (χ3n) is 3.42. The molecule has 1 aromatic rings. The van der Waals surface area contributed by atoms with Gasteiger partial charge in [-0.05, 0) is 32.0 Å². The second-order valence-corrected chi connectivity index (χ2v) is 5.43. The topological polar surface area (TPSA) is 102 Å². The molecule has 0 aliphatic heterocycles. The van der Waals surface area contributed by atoms with Gasteiger partial charge in [-0.25, -0.2) is 0 Å². The highest BCUT2D eigenvalue weighted by Crippen LogP contribution is 2.29. The molecule has 0 saturated carbocycles. The Hall–Kier alpha value is -1.93. The minimum Gasteiger partial charge on any atom is -0.455 e. The van der Waals surface area contributed by atoms with Crippen LogP contribution in [0.1, 0.15) is 40.3 Å². The number of carbonyl (C=O) groups is 1. The fourth-order valence-electron chi connectivity index (χ4n) is 2.47. The summed E-state index contributed by atoms with van der Waals surface area (Å²) in [6.07, 6.45) is 2.48. The van der Waals surface area contributed by atoms with Crippen LogP contribution in [0.5, 0.6) is 0 Å². The number of hydrazone groups is 1. The fourth-order valence-corrected chi connectivity index (χ4v) is 2.51. The van der Waals surface area contributed by atoms with E-state index in [0.29, 0.717) is 18.9 Å². The van der Waals surface area contributed by atoms with Gasteiger partial charge < -0.3 is 20.2 Å². The van der Waals surface area contributed by atoms with Crippen molar-refractivity contribution in [2.45, 2.75) is 26.2 Å². The number of ether oxygens (including phenoxy) is 1. The van der Waals surface area contributed by atoms with E-state index >= 15 is 0 Å². The molecule has 0 radical (unpaired) electrons. The van der Waals surface area contributed by atoms with Crippen LogP contribution in [0.4, 0.5) is 0 Å². The predicted molar refractivity (Wildman–Crippen MR) is 87.1 cm³/mol. The van der Waals surface area contributed by atoms with Crippen LogP contribution in [0.3, 0.4) is 0 Å². The SMILES string of the molecule is COCCNC(=O)c1oc2c(c1C)/C(=N/NC(N)=S)CCC2. The Kier molecular flexibility index (Phi) is 5.51. The first-order valence-corrected chi connectivity index (χ1v) is 7.47. The number of nitrogens with two attached hydrogens (primary N) is 1. The highest BCUT2D eigenvalue weighted by molar-refractivity contribution is 7.80. The van der Waals surface area contributed by atoms with Gasteiger partial charge in [0.15, 0.2) is 10.9 Å². The van der Waals surface area contributed by atoms with Crippen molar-refractivity contribution >= 4 is 28.9 Å². The standard InChI is InChI=1S/C14H20N4O3S/c1-8-11-9(17-18-14(15)22)4-3-5-10(11)21-12(8)13(19)16-6-7-20-2/h3-7H2,1-2H3,(H,16,19)(H3,15,18,22)/b17-9+. The van der Waals surface area contributed by atoms with Crippen molar-refractivity contribution in [1.82, 2.24) is 10.7 Å². The lowest BCUT2D eigenvalue weighted by Gasteiger charge is -2.13. The summed E-state index contributed by atoms with van der Waals surface area (Å²) in [5.74, 6) is 0.862. The predicted octanol–water partition coefficient (Wildman–Crippen LogP) is 0.838. The summed E-state index contributed by atoms with van der Waals surface area (Å²) in [6, 6.07) is 0. The average Bonchev–Trinajstić information content (AvgIpc) is 2.83. The number of hydrogen-bond donors (Lipinski definition) is 3. The Morgan fingerprint density at radius 2 is 2.27 bits per heavy atom. The summed E-state index contributed by atoms with van der Waals surface area (Å²) in [5, 5.41) is 7.09. The number of methoxy groups -OCH3 is 1. The van der Waals surface area contributed by atoms with E-state index in [1.165, 1.54) is 0 Å². The number of furan rings is 1. The van der Waals surface area contributed by atoms with Gasteiger partial charge in [0.2, 0.25) is 0 Å². The third kappa shape index (κ3) is 3.63. The maximum absolute atomic E-state index is 12.2. The van der Waals surface area contributed by atoms with Crippen molar-refractivity contribution < 1.29 is 13.9 Å². The number of nitrogens with one attached hydrogen (secondary N) is 2. The average molecular weight is 324 g/mol. The van der Waals surface area contributed by atoms with Gasteiger partial charge in [-0.1, -0.05) is 0 Å². The maximum atomic E-state index is 12.2. The van der Waals surface area contributed by atoms with E-state index in [2.05, 4.69) is 15.8 Å². The summed E-state index contributed by atoms with van der Waals surface area (Å²) < 4.78 is 10.7. The molecular weight excluding hydrogens is 304 g/mol. The highest BCUT2D eigenvalue weighted by Gasteiger charge is 2.27. The molecule has 1 amide bonds. The molecule has 0 saturated heterocycles. The molecule has 22 heavy (non-hydrogen) atoms.